The number of hydrogen-bond acceptors (Lipinski definition) is 5. The Bertz CT molecular complexity index is 826. The van der Waals surface area contributed by atoms with Gasteiger partial charge in [-0.05, 0) is 24.6 Å². The lowest BCUT2D eigenvalue weighted by Crippen LogP contribution is -2.26. The molecule has 126 valence electrons. The zero-order valence-electron chi connectivity index (χ0n) is 13.6. The highest BCUT2D eigenvalue weighted by molar-refractivity contribution is 6.06. The average Bonchev–Trinajstić information content (AvgIpc) is 2.60. The number of benzene rings is 1. The van der Waals surface area contributed by atoms with Crippen LogP contribution in [0.2, 0.25) is 0 Å². The van der Waals surface area contributed by atoms with Crippen LogP contribution in [-0.2, 0) is 11.2 Å². The van der Waals surface area contributed by atoms with Gasteiger partial charge in [0.05, 0.1) is 25.5 Å². The molecule has 1 aromatic carbocycles. The maximum atomic E-state index is 12.4. The number of hydrogen-bond donors (Lipinski definition) is 2. The first-order valence-corrected chi connectivity index (χ1v) is 7.30. The van der Waals surface area contributed by atoms with Gasteiger partial charge >= 0.3 is 5.97 Å². The van der Waals surface area contributed by atoms with Crippen molar-refractivity contribution in [1.29, 1.82) is 0 Å². The van der Waals surface area contributed by atoms with Crippen LogP contribution in [0.1, 0.15) is 33.3 Å². The number of anilines is 1. The molecule has 2 N–H and O–H groups in total. The van der Waals surface area contributed by atoms with E-state index >= 15 is 0 Å². The van der Waals surface area contributed by atoms with Gasteiger partial charge in [-0.15, -0.1) is 0 Å². The molecule has 7 nitrogen and oxygen atoms in total. The Morgan fingerprint density at radius 2 is 1.88 bits per heavy atom. The maximum absolute atomic E-state index is 12.4. The van der Waals surface area contributed by atoms with Gasteiger partial charge in [-0.2, -0.15) is 0 Å². The Kier molecular flexibility index (Phi) is 5.36. The minimum absolute atomic E-state index is 0.157. The molecule has 0 unspecified atom stereocenters. The second-order valence-corrected chi connectivity index (χ2v) is 4.90. The fourth-order valence-electron chi connectivity index (χ4n) is 2.25. The zero-order valence-corrected chi connectivity index (χ0v) is 13.6. The number of aromatic amines is 1. The van der Waals surface area contributed by atoms with Crippen LogP contribution in [0.5, 0.6) is 5.75 Å². The third-order valence-electron chi connectivity index (χ3n) is 3.48. The summed E-state index contributed by atoms with van der Waals surface area (Å²) in [5.41, 5.74) is 0.236. The second-order valence-electron chi connectivity index (χ2n) is 4.90. The van der Waals surface area contributed by atoms with Gasteiger partial charge in [-0.1, -0.05) is 19.1 Å². The van der Waals surface area contributed by atoms with E-state index in [0.717, 1.165) is 0 Å². The number of ether oxygens (including phenoxy) is 2. The molecule has 2 rings (SSSR count). The van der Waals surface area contributed by atoms with Crippen molar-refractivity contribution in [2.75, 3.05) is 19.5 Å². The van der Waals surface area contributed by atoms with Crippen LogP contribution in [-0.4, -0.2) is 31.1 Å². The van der Waals surface area contributed by atoms with Crippen molar-refractivity contribution in [3.8, 4) is 5.75 Å². The first kappa shape index (κ1) is 17.3. The largest absolute Gasteiger partial charge is 0.495 e. The smallest absolute Gasteiger partial charge is 0.339 e. The summed E-state index contributed by atoms with van der Waals surface area (Å²) in [6, 6.07) is 8.05. The van der Waals surface area contributed by atoms with Crippen LogP contribution in [0.3, 0.4) is 0 Å². The van der Waals surface area contributed by atoms with Crippen molar-refractivity contribution < 1.29 is 19.1 Å². The number of carbonyl (C=O) groups excluding carboxylic acids is 2. The molecule has 0 aliphatic heterocycles. The monoisotopic (exact) mass is 330 g/mol. The molecule has 7 heteroatoms. The Morgan fingerprint density at radius 3 is 2.50 bits per heavy atom. The molecule has 0 saturated heterocycles. The quantitative estimate of drug-likeness (QED) is 0.817. The number of pyridine rings is 1. The van der Waals surface area contributed by atoms with Crippen LogP contribution in [0.4, 0.5) is 5.69 Å². The highest BCUT2D eigenvalue weighted by atomic mass is 16.5. The summed E-state index contributed by atoms with van der Waals surface area (Å²) in [5, 5.41) is 2.60. The number of esters is 1. The average molecular weight is 330 g/mol. The van der Waals surface area contributed by atoms with Gasteiger partial charge in [0.25, 0.3) is 11.5 Å². The third-order valence-corrected chi connectivity index (χ3v) is 3.48. The first-order chi connectivity index (χ1) is 11.5. The Balaban J connectivity index is 2.42. The molecule has 0 aliphatic rings. The molecule has 1 heterocycles. The first-order valence-electron chi connectivity index (χ1n) is 7.30. The molecule has 0 spiro atoms. The lowest BCUT2D eigenvalue weighted by atomic mass is 10.1. The number of para-hydroxylation sites is 2. The van der Waals surface area contributed by atoms with Crippen molar-refractivity contribution >= 4 is 17.6 Å². The van der Waals surface area contributed by atoms with Crippen molar-refractivity contribution in [1.82, 2.24) is 4.98 Å². The van der Waals surface area contributed by atoms with Crippen LogP contribution in [0.25, 0.3) is 0 Å². The van der Waals surface area contributed by atoms with E-state index in [4.69, 9.17) is 9.47 Å². The number of aromatic nitrogens is 1. The fraction of sp³-hybridized carbons (Fsp3) is 0.235. The molecule has 24 heavy (non-hydrogen) atoms. The van der Waals surface area contributed by atoms with Gasteiger partial charge in [0, 0.05) is 5.69 Å². The summed E-state index contributed by atoms with van der Waals surface area (Å²) < 4.78 is 9.85. The minimum Gasteiger partial charge on any atom is -0.495 e. The minimum atomic E-state index is -0.645. The molecule has 0 atom stereocenters. The van der Waals surface area contributed by atoms with E-state index in [-0.39, 0.29) is 11.1 Å². The van der Waals surface area contributed by atoms with Crippen LogP contribution >= 0.6 is 0 Å². The Labute approximate surface area is 138 Å². The topological polar surface area (TPSA) is 97.5 Å². The summed E-state index contributed by atoms with van der Waals surface area (Å²) >= 11 is 0. The number of carbonyl (C=O) groups is 2. The predicted molar refractivity (Wildman–Crippen MR) is 88.7 cm³/mol. The lowest BCUT2D eigenvalue weighted by molar-refractivity contribution is 0.0599. The molecule has 0 bridgehead atoms. The summed E-state index contributed by atoms with van der Waals surface area (Å²) in [5.74, 6) is -0.802. The van der Waals surface area contributed by atoms with Crippen molar-refractivity contribution in [2.45, 2.75) is 13.3 Å². The highest BCUT2D eigenvalue weighted by Gasteiger charge is 2.19. The van der Waals surface area contributed by atoms with Gasteiger partial charge < -0.3 is 19.8 Å². The van der Waals surface area contributed by atoms with E-state index in [0.29, 0.717) is 23.6 Å². The molecular formula is C17H18N2O5. The normalized spacial score (nSPS) is 10.1. The summed E-state index contributed by atoms with van der Waals surface area (Å²) in [6.45, 7) is 1.78. The molecular weight excluding hydrogens is 312 g/mol. The number of nitrogens with one attached hydrogen (secondary N) is 2. The van der Waals surface area contributed by atoms with Gasteiger partial charge in [0.15, 0.2) is 0 Å². The summed E-state index contributed by atoms with van der Waals surface area (Å²) in [4.78, 5) is 39.0. The number of amides is 1. The highest BCUT2D eigenvalue weighted by Crippen LogP contribution is 2.23. The van der Waals surface area contributed by atoms with Crippen LogP contribution < -0.4 is 15.6 Å². The molecule has 2 aromatic rings. The van der Waals surface area contributed by atoms with Gasteiger partial charge in [-0.3, -0.25) is 9.59 Å². The Morgan fingerprint density at radius 1 is 1.17 bits per heavy atom. The lowest BCUT2D eigenvalue weighted by Gasteiger charge is -2.11. The second kappa shape index (κ2) is 7.45. The SMILES string of the molecule is CCc1[nH]c(=O)c(C(=O)Nc2ccccc2OC)cc1C(=O)OC. The van der Waals surface area contributed by atoms with Gasteiger partial charge in [-0.25, -0.2) is 4.79 Å². The van der Waals surface area contributed by atoms with E-state index in [1.165, 1.54) is 20.3 Å². The zero-order chi connectivity index (χ0) is 17.7. The van der Waals surface area contributed by atoms with Gasteiger partial charge in [0.1, 0.15) is 11.3 Å². The summed E-state index contributed by atoms with van der Waals surface area (Å²) in [7, 11) is 2.71. The number of rotatable bonds is 5. The van der Waals surface area contributed by atoms with Crippen molar-refractivity contribution in [3.05, 3.63) is 57.5 Å². The van der Waals surface area contributed by atoms with Gasteiger partial charge in [0.2, 0.25) is 0 Å². The van der Waals surface area contributed by atoms with Crippen LogP contribution in [0, 0.1) is 0 Å². The summed E-state index contributed by atoms with van der Waals surface area (Å²) in [6.07, 6.45) is 0.425. The van der Waals surface area contributed by atoms with Crippen LogP contribution in [0.15, 0.2) is 35.1 Å². The Hall–Kier alpha value is -3.09. The third kappa shape index (κ3) is 3.45. The standard InChI is InChI=1S/C17H18N2O5/c1-4-12-10(17(22)24-3)9-11(15(20)18-12)16(21)19-13-7-5-6-8-14(13)23-2/h5-9H,4H2,1-3H3,(H,18,20)(H,19,21). The molecule has 0 aliphatic carbocycles. The molecule has 1 amide bonds. The molecule has 0 radical (unpaired) electrons. The van der Waals surface area contributed by atoms with E-state index in [2.05, 4.69) is 10.3 Å². The van der Waals surface area contributed by atoms with Crippen molar-refractivity contribution in [2.24, 2.45) is 0 Å². The molecule has 1 aromatic heterocycles. The number of aryl methyl sites for hydroxylation is 1. The fourth-order valence-corrected chi connectivity index (χ4v) is 2.25. The van der Waals surface area contributed by atoms with Crippen molar-refractivity contribution in [3.63, 3.8) is 0 Å². The molecule has 0 saturated carbocycles. The molecule has 0 fully saturated rings. The number of methoxy groups -OCH3 is 2. The van der Waals surface area contributed by atoms with E-state index in [1.807, 2.05) is 0 Å². The van der Waals surface area contributed by atoms with E-state index < -0.39 is 17.4 Å². The number of H-pyrrole nitrogens is 1. The van der Waals surface area contributed by atoms with E-state index in [9.17, 15) is 14.4 Å². The maximum Gasteiger partial charge on any atom is 0.339 e. The van der Waals surface area contributed by atoms with E-state index in [1.54, 1.807) is 31.2 Å². The predicted octanol–water partition coefficient (Wildman–Crippen LogP) is 1.98.